The first-order chi connectivity index (χ1) is 15.5. The zero-order chi connectivity index (χ0) is 22.2. The summed E-state index contributed by atoms with van der Waals surface area (Å²) < 4.78 is 26.8. The summed E-state index contributed by atoms with van der Waals surface area (Å²) >= 11 is 0. The van der Waals surface area contributed by atoms with Crippen LogP contribution in [0.15, 0.2) is 29.2 Å². The molecule has 170 valence electrons. The topological polar surface area (TPSA) is 84.8 Å². The number of nitrogens with zero attached hydrogens (tertiary/aromatic N) is 4. The summed E-state index contributed by atoms with van der Waals surface area (Å²) in [5.41, 5.74) is 0.895. The molecule has 1 N–H and O–H groups in total. The highest BCUT2D eigenvalue weighted by atomic mass is 19.1. The van der Waals surface area contributed by atoms with Gasteiger partial charge in [-0.2, -0.15) is 5.10 Å². The smallest absolute Gasteiger partial charge is 0.276 e. The van der Waals surface area contributed by atoms with E-state index in [0.717, 1.165) is 25.2 Å². The summed E-state index contributed by atoms with van der Waals surface area (Å²) in [4.78, 5) is 22.5. The van der Waals surface area contributed by atoms with E-state index < -0.39 is 0 Å². The van der Waals surface area contributed by atoms with Crippen molar-refractivity contribution >= 4 is 5.52 Å². The first-order valence-electron chi connectivity index (χ1n) is 11.1. The van der Waals surface area contributed by atoms with Gasteiger partial charge in [0.25, 0.3) is 5.56 Å². The van der Waals surface area contributed by atoms with Crippen LogP contribution >= 0.6 is 0 Å². The van der Waals surface area contributed by atoms with Crippen molar-refractivity contribution < 1.29 is 13.9 Å². The molecule has 0 amide bonds. The van der Waals surface area contributed by atoms with Gasteiger partial charge in [0.05, 0.1) is 13.3 Å². The molecule has 4 heterocycles. The molecule has 5 rings (SSSR count). The van der Waals surface area contributed by atoms with Gasteiger partial charge in [0.15, 0.2) is 5.52 Å². The number of benzene rings is 1. The number of methoxy groups -OCH3 is 1. The van der Waals surface area contributed by atoms with E-state index in [4.69, 9.17) is 14.6 Å². The fourth-order valence-corrected chi connectivity index (χ4v) is 4.93. The van der Waals surface area contributed by atoms with Crippen molar-refractivity contribution in [2.45, 2.75) is 38.1 Å². The molecule has 0 bridgehead atoms. The van der Waals surface area contributed by atoms with Crippen LogP contribution in [-0.4, -0.2) is 57.9 Å². The molecule has 9 heteroatoms. The van der Waals surface area contributed by atoms with Crippen molar-refractivity contribution in [3.8, 4) is 5.75 Å². The number of imidazole rings is 1. The molecule has 0 aliphatic carbocycles. The Kier molecular flexibility index (Phi) is 5.69. The maximum atomic E-state index is 14.3. The lowest BCUT2D eigenvalue weighted by molar-refractivity contribution is 0.0832. The van der Waals surface area contributed by atoms with E-state index in [1.807, 2.05) is 0 Å². The van der Waals surface area contributed by atoms with Crippen LogP contribution in [0.5, 0.6) is 5.75 Å². The summed E-state index contributed by atoms with van der Waals surface area (Å²) in [5.74, 6) is 2.44. The van der Waals surface area contributed by atoms with Crippen LogP contribution in [0.2, 0.25) is 0 Å². The molecule has 2 saturated heterocycles. The van der Waals surface area contributed by atoms with E-state index in [-0.39, 0.29) is 29.1 Å². The Hall–Kier alpha value is -2.78. The van der Waals surface area contributed by atoms with Crippen LogP contribution in [-0.2, 0) is 11.3 Å². The molecule has 3 aromatic rings. The summed E-state index contributed by atoms with van der Waals surface area (Å²) in [6.07, 6.45) is 3.36. The van der Waals surface area contributed by atoms with E-state index >= 15 is 0 Å². The highest BCUT2D eigenvalue weighted by Crippen LogP contribution is 2.32. The number of rotatable bonds is 5. The normalized spacial score (nSPS) is 22.6. The van der Waals surface area contributed by atoms with Crippen molar-refractivity contribution in [1.82, 2.24) is 24.5 Å². The Bertz CT molecular complexity index is 1170. The fraction of sp³-hybridized carbons (Fsp3) is 0.522. The number of halogens is 1. The molecule has 2 aliphatic rings. The first-order valence-corrected chi connectivity index (χ1v) is 11.1. The Labute approximate surface area is 185 Å². The molecule has 0 radical (unpaired) electrons. The van der Waals surface area contributed by atoms with Gasteiger partial charge in [0, 0.05) is 50.2 Å². The molecule has 0 saturated carbocycles. The molecule has 0 spiro atoms. The maximum Gasteiger partial charge on any atom is 0.276 e. The van der Waals surface area contributed by atoms with Crippen LogP contribution in [0.25, 0.3) is 5.52 Å². The Morgan fingerprint density at radius 3 is 2.88 bits per heavy atom. The van der Waals surface area contributed by atoms with Crippen molar-refractivity contribution in [3.05, 3.63) is 57.8 Å². The molecule has 2 aliphatic heterocycles. The Morgan fingerprint density at radius 1 is 1.28 bits per heavy atom. The molecule has 32 heavy (non-hydrogen) atoms. The Balaban J connectivity index is 1.41. The second-order valence-corrected chi connectivity index (χ2v) is 8.87. The average Bonchev–Trinajstić information content (AvgIpc) is 3.39. The van der Waals surface area contributed by atoms with Gasteiger partial charge in [0.2, 0.25) is 0 Å². The van der Waals surface area contributed by atoms with Crippen LogP contribution < -0.4 is 10.3 Å². The van der Waals surface area contributed by atoms with E-state index in [9.17, 15) is 9.18 Å². The quantitative estimate of drug-likeness (QED) is 0.655. The lowest BCUT2D eigenvalue weighted by Crippen LogP contribution is -2.24. The SMILES string of the molecule is COc1ccc(F)c(CN2CC(C)C(c3nn4c(C5CCOCC5)ncc4c(=O)[nH]3)C2)c1. The van der Waals surface area contributed by atoms with Crippen LogP contribution in [0.3, 0.4) is 0 Å². The van der Waals surface area contributed by atoms with Gasteiger partial charge >= 0.3 is 0 Å². The summed E-state index contributed by atoms with van der Waals surface area (Å²) in [5, 5.41) is 4.83. The number of nitrogens with one attached hydrogen (secondary N) is 1. The van der Waals surface area contributed by atoms with Gasteiger partial charge in [-0.05, 0) is 37.0 Å². The van der Waals surface area contributed by atoms with Crippen molar-refractivity contribution in [2.75, 3.05) is 33.4 Å². The number of aromatic nitrogens is 4. The Morgan fingerprint density at radius 2 is 2.09 bits per heavy atom. The summed E-state index contributed by atoms with van der Waals surface area (Å²) in [6, 6.07) is 4.80. The predicted octanol–water partition coefficient (Wildman–Crippen LogP) is 2.69. The van der Waals surface area contributed by atoms with Gasteiger partial charge in [-0.1, -0.05) is 6.92 Å². The molecule has 2 atom stereocenters. The van der Waals surface area contributed by atoms with E-state index in [2.05, 4.69) is 21.8 Å². The minimum Gasteiger partial charge on any atom is -0.497 e. The second kappa shape index (κ2) is 8.63. The minimum atomic E-state index is -0.241. The third-order valence-electron chi connectivity index (χ3n) is 6.72. The number of H-pyrrole nitrogens is 1. The summed E-state index contributed by atoms with van der Waals surface area (Å²) in [6.45, 7) is 5.50. The molecular formula is C23H28FN5O3. The molecule has 2 aromatic heterocycles. The van der Waals surface area contributed by atoms with Gasteiger partial charge in [-0.3, -0.25) is 9.69 Å². The monoisotopic (exact) mass is 441 g/mol. The van der Waals surface area contributed by atoms with Crippen molar-refractivity contribution in [1.29, 1.82) is 0 Å². The van der Waals surface area contributed by atoms with Crippen LogP contribution in [0.1, 0.15) is 48.8 Å². The third kappa shape index (κ3) is 3.91. The maximum absolute atomic E-state index is 14.3. The van der Waals surface area contributed by atoms with Crippen molar-refractivity contribution in [3.63, 3.8) is 0 Å². The first kappa shape index (κ1) is 21.1. The van der Waals surface area contributed by atoms with E-state index in [0.29, 0.717) is 49.0 Å². The minimum absolute atomic E-state index is 0.0470. The molecule has 2 fully saturated rings. The number of hydrogen-bond donors (Lipinski definition) is 1. The molecule has 8 nitrogen and oxygen atoms in total. The number of ether oxygens (including phenoxy) is 2. The number of aromatic amines is 1. The van der Waals surface area contributed by atoms with E-state index in [1.165, 1.54) is 6.07 Å². The standard InChI is InChI=1S/C23H28FN5O3/c1-14-11-28(12-16-9-17(31-2)3-4-19(16)24)13-18(14)21-26-23(30)20-10-25-22(29(20)27-21)15-5-7-32-8-6-15/h3-4,9-10,14-15,18H,5-8,11-13H2,1-2H3,(H,26,27,30). The van der Waals surface area contributed by atoms with Gasteiger partial charge in [-0.15, -0.1) is 0 Å². The molecular weight excluding hydrogens is 413 g/mol. The highest BCUT2D eigenvalue weighted by Gasteiger charge is 2.34. The van der Waals surface area contributed by atoms with Crippen molar-refractivity contribution in [2.24, 2.45) is 5.92 Å². The van der Waals surface area contributed by atoms with Gasteiger partial charge < -0.3 is 14.5 Å². The van der Waals surface area contributed by atoms with Crippen LogP contribution in [0, 0.1) is 11.7 Å². The number of hydrogen-bond acceptors (Lipinski definition) is 6. The number of fused-ring (bicyclic) bond motifs is 1. The largest absolute Gasteiger partial charge is 0.497 e. The average molecular weight is 442 g/mol. The predicted molar refractivity (Wildman–Crippen MR) is 117 cm³/mol. The van der Waals surface area contributed by atoms with Crippen LogP contribution in [0.4, 0.5) is 4.39 Å². The summed E-state index contributed by atoms with van der Waals surface area (Å²) in [7, 11) is 1.58. The molecule has 1 aromatic carbocycles. The van der Waals surface area contributed by atoms with E-state index in [1.54, 1.807) is 30.0 Å². The number of likely N-dealkylation sites (tertiary alicyclic amines) is 1. The van der Waals surface area contributed by atoms with Gasteiger partial charge in [0.1, 0.15) is 23.2 Å². The zero-order valence-corrected chi connectivity index (χ0v) is 18.4. The van der Waals surface area contributed by atoms with Gasteiger partial charge in [-0.25, -0.2) is 13.9 Å². The molecule has 2 unspecified atom stereocenters. The lowest BCUT2D eigenvalue weighted by Gasteiger charge is -2.21. The zero-order valence-electron chi connectivity index (χ0n) is 18.4. The highest BCUT2D eigenvalue weighted by molar-refractivity contribution is 5.42. The third-order valence-corrected chi connectivity index (χ3v) is 6.72. The second-order valence-electron chi connectivity index (χ2n) is 8.87. The fourth-order valence-electron chi connectivity index (χ4n) is 4.93. The lowest BCUT2D eigenvalue weighted by atomic mass is 9.97.